The second-order valence-electron chi connectivity index (χ2n) is 5.72. The topological polar surface area (TPSA) is 120 Å². The Morgan fingerprint density at radius 2 is 1.86 bits per heavy atom. The van der Waals surface area contributed by atoms with Crippen LogP contribution >= 0.6 is 0 Å². The van der Waals surface area contributed by atoms with Crippen LogP contribution in [0.2, 0.25) is 0 Å². The summed E-state index contributed by atoms with van der Waals surface area (Å²) in [4.78, 5) is 22.6. The summed E-state index contributed by atoms with van der Waals surface area (Å²) in [5.74, 6) is -2.65. The minimum atomic E-state index is -3.74. The van der Waals surface area contributed by atoms with Crippen molar-refractivity contribution in [1.29, 1.82) is 0 Å². The number of carbonyl (C=O) groups excluding carboxylic acids is 1. The number of hydrogen-bond donors (Lipinski definition) is 1. The zero-order chi connectivity index (χ0) is 20.3. The van der Waals surface area contributed by atoms with Crippen LogP contribution in [0, 0.1) is 15.9 Å². The van der Waals surface area contributed by atoms with Crippen LogP contribution in [0.25, 0.3) is 0 Å². The number of sulfone groups is 1. The predicted molar refractivity (Wildman–Crippen MR) is 97.0 cm³/mol. The van der Waals surface area contributed by atoms with Crippen LogP contribution in [0.15, 0.2) is 70.2 Å². The van der Waals surface area contributed by atoms with E-state index in [4.69, 9.17) is 4.42 Å². The van der Waals surface area contributed by atoms with E-state index in [9.17, 15) is 27.7 Å². The summed E-state index contributed by atoms with van der Waals surface area (Å²) in [6, 6.07) is 11.6. The second kappa shape index (κ2) is 7.61. The van der Waals surface area contributed by atoms with Crippen molar-refractivity contribution in [2.75, 3.05) is 5.32 Å². The molecule has 0 unspecified atom stereocenters. The second-order valence-corrected chi connectivity index (χ2v) is 7.71. The van der Waals surface area contributed by atoms with E-state index in [0.717, 1.165) is 24.5 Å². The first-order chi connectivity index (χ1) is 13.3. The Morgan fingerprint density at radius 3 is 2.54 bits per heavy atom. The number of non-ortho nitro benzene ring substituents is 1. The number of nitrogens with one attached hydrogen (secondary N) is 1. The van der Waals surface area contributed by atoms with E-state index in [1.54, 1.807) is 18.2 Å². The number of halogens is 1. The first-order valence-electron chi connectivity index (χ1n) is 7.87. The van der Waals surface area contributed by atoms with Crippen LogP contribution in [0.4, 0.5) is 15.8 Å². The molecule has 0 aliphatic rings. The molecule has 144 valence electrons. The molecule has 0 atom stereocenters. The van der Waals surface area contributed by atoms with E-state index < -0.39 is 43.6 Å². The smallest absolute Gasteiger partial charge is 0.291 e. The molecule has 3 rings (SSSR count). The molecule has 0 fully saturated rings. The minimum absolute atomic E-state index is 0.0761. The molecule has 0 saturated heterocycles. The van der Waals surface area contributed by atoms with Crippen molar-refractivity contribution in [2.45, 2.75) is 10.6 Å². The normalized spacial score (nSPS) is 11.2. The van der Waals surface area contributed by atoms with E-state index in [1.807, 2.05) is 0 Å². The third-order valence-corrected chi connectivity index (χ3v) is 5.49. The lowest BCUT2D eigenvalue weighted by molar-refractivity contribution is -0.384. The molecule has 1 amide bonds. The Morgan fingerprint density at radius 1 is 1.14 bits per heavy atom. The number of carbonyl (C=O) groups is 1. The van der Waals surface area contributed by atoms with Gasteiger partial charge in [0.15, 0.2) is 15.6 Å². The zero-order valence-corrected chi connectivity index (χ0v) is 15.0. The van der Waals surface area contributed by atoms with Gasteiger partial charge in [-0.25, -0.2) is 12.8 Å². The highest BCUT2D eigenvalue weighted by molar-refractivity contribution is 7.90. The predicted octanol–water partition coefficient (Wildman–Crippen LogP) is 3.55. The molecular formula is C18H13FN2O6S. The van der Waals surface area contributed by atoms with Crippen LogP contribution in [0.5, 0.6) is 0 Å². The lowest BCUT2D eigenvalue weighted by Gasteiger charge is -2.07. The van der Waals surface area contributed by atoms with Crippen molar-refractivity contribution in [2.24, 2.45) is 0 Å². The van der Waals surface area contributed by atoms with Crippen LogP contribution < -0.4 is 5.32 Å². The number of rotatable bonds is 6. The molecule has 0 saturated carbocycles. The number of anilines is 1. The Kier molecular flexibility index (Phi) is 5.23. The third kappa shape index (κ3) is 4.07. The standard InChI is InChI=1S/C18H13FN2O6S/c19-15-7-6-13(21(23)24)10-16(15)20-18(22)17-12(8-9-27-17)11-28(25,26)14-4-2-1-3-5-14/h1-10H,11H2,(H,20,22). The lowest BCUT2D eigenvalue weighted by atomic mass is 10.2. The van der Waals surface area contributed by atoms with Crippen molar-refractivity contribution in [3.05, 3.63) is 88.1 Å². The van der Waals surface area contributed by atoms with Gasteiger partial charge >= 0.3 is 0 Å². The van der Waals surface area contributed by atoms with Gasteiger partial charge < -0.3 is 9.73 Å². The zero-order valence-electron chi connectivity index (χ0n) is 14.2. The Labute approximate surface area is 158 Å². The maximum absolute atomic E-state index is 13.9. The highest BCUT2D eigenvalue weighted by Crippen LogP contribution is 2.24. The molecule has 3 aromatic rings. The van der Waals surface area contributed by atoms with E-state index in [1.165, 1.54) is 18.2 Å². The number of hydrogen-bond acceptors (Lipinski definition) is 6. The molecule has 10 heteroatoms. The van der Waals surface area contributed by atoms with Crippen molar-refractivity contribution in [1.82, 2.24) is 0 Å². The maximum Gasteiger partial charge on any atom is 0.291 e. The summed E-state index contributed by atoms with van der Waals surface area (Å²) in [5.41, 5.74) is -0.761. The summed E-state index contributed by atoms with van der Waals surface area (Å²) >= 11 is 0. The first kappa shape index (κ1) is 19.2. The van der Waals surface area contributed by atoms with Crippen molar-refractivity contribution in [3.63, 3.8) is 0 Å². The Bertz CT molecular complexity index is 1140. The van der Waals surface area contributed by atoms with Gasteiger partial charge in [-0.1, -0.05) is 18.2 Å². The van der Waals surface area contributed by atoms with E-state index >= 15 is 0 Å². The van der Waals surface area contributed by atoms with E-state index in [-0.39, 0.29) is 16.2 Å². The molecule has 1 heterocycles. The highest BCUT2D eigenvalue weighted by atomic mass is 32.2. The van der Waals surface area contributed by atoms with Gasteiger partial charge in [-0.3, -0.25) is 14.9 Å². The van der Waals surface area contributed by atoms with Crippen molar-refractivity contribution < 1.29 is 26.9 Å². The summed E-state index contributed by atoms with van der Waals surface area (Å²) in [5, 5.41) is 13.0. The van der Waals surface area contributed by atoms with Gasteiger partial charge in [0.2, 0.25) is 0 Å². The number of nitro benzene ring substituents is 1. The van der Waals surface area contributed by atoms with Crippen molar-refractivity contribution >= 4 is 27.1 Å². The SMILES string of the molecule is O=C(Nc1cc([N+](=O)[O-])ccc1F)c1occc1CS(=O)(=O)c1ccccc1. The molecule has 28 heavy (non-hydrogen) atoms. The van der Waals surface area contributed by atoms with Gasteiger partial charge in [0.25, 0.3) is 11.6 Å². The van der Waals surface area contributed by atoms with Gasteiger partial charge in [-0.15, -0.1) is 0 Å². The Hall–Kier alpha value is -3.53. The number of benzene rings is 2. The van der Waals surface area contributed by atoms with E-state index in [2.05, 4.69) is 5.32 Å². The molecule has 0 bridgehead atoms. The fourth-order valence-corrected chi connectivity index (χ4v) is 3.84. The van der Waals surface area contributed by atoms with Gasteiger partial charge in [0, 0.05) is 17.7 Å². The molecule has 0 aliphatic carbocycles. The number of nitro groups is 1. The molecule has 2 aromatic carbocycles. The largest absolute Gasteiger partial charge is 0.459 e. The molecule has 1 aromatic heterocycles. The van der Waals surface area contributed by atoms with Gasteiger partial charge in [0.05, 0.1) is 27.5 Å². The molecule has 0 radical (unpaired) electrons. The lowest BCUT2D eigenvalue weighted by Crippen LogP contribution is -2.15. The number of furan rings is 1. The van der Waals surface area contributed by atoms with Crippen LogP contribution in [-0.2, 0) is 15.6 Å². The average molecular weight is 404 g/mol. The fraction of sp³-hybridized carbons (Fsp3) is 0.0556. The van der Waals surface area contributed by atoms with Crippen LogP contribution in [0.3, 0.4) is 0 Å². The quantitative estimate of drug-likeness (QED) is 0.496. The van der Waals surface area contributed by atoms with E-state index in [0.29, 0.717) is 0 Å². The van der Waals surface area contributed by atoms with Crippen LogP contribution in [0.1, 0.15) is 16.1 Å². The third-order valence-electron chi connectivity index (χ3n) is 3.81. The first-order valence-corrected chi connectivity index (χ1v) is 9.52. The minimum Gasteiger partial charge on any atom is -0.459 e. The molecule has 1 N–H and O–H groups in total. The molecule has 8 nitrogen and oxygen atoms in total. The molecular weight excluding hydrogens is 391 g/mol. The van der Waals surface area contributed by atoms with Gasteiger partial charge in [0.1, 0.15) is 5.82 Å². The summed E-state index contributed by atoms with van der Waals surface area (Å²) in [6.07, 6.45) is 1.13. The monoisotopic (exact) mass is 404 g/mol. The maximum atomic E-state index is 13.9. The average Bonchev–Trinajstić information content (AvgIpc) is 3.11. The number of amides is 1. The number of nitrogens with zero attached hydrogens (tertiary/aromatic N) is 1. The van der Waals surface area contributed by atoms with Gasteiger partial charge in [-0.05, 0) is 24.3 Å². The van der Waals surface area contributed by atoms with Crippen LogP contribution in [-0.4, -0.2) is 19.2 Å². The highest BCUT2D eigenvalue weighted by Gasteiger charge is 2.23. The Balaban J connectivity index is 1.85. The molecule has 0 aliphatic heterocycles. The van der Waals surface area contributed by atoms with Crippen molar-refractivity contribution in [3.8, 4) is 0 Å². The summed E-state index contributed by atoms with van der Waals surface area (Å²) < 4.78 is 43.9. The summed E-state index contributed by atoms with van der Waals surface area (Å²) in [7, 11) is -3.74. The molecule has 0 spiro atoms. The fourth-order valence-electron chi connectivity index (χ4n) is 2.47. The summed E-state index contributed by atoms with van der Waals surface area (Å²) in [6.45, 7) is 0. The van der Waals surface area contributed by atoms with Gasteiger partial charge in [-0.2, -0.15) is 0 Å².